The number of aromatic nitrogens is 6. The second-order valence-corrected chi connectivity index (χ2v) is 6.15. The molecule has 3 heterocycles. The van der Waals surface area contributed by atoms with Gasteiger partial charge < -0.3 is 10.7 Å². The molecule has 3 aromatic heterocycles. The molecule has 0 radical (unpaired) electrons. The Morgan fingerprint density at radius 2 is 1.81 bits per heavy atom. The zero-order valence-electron chi connectivity index (χ0n) is 14.0. The molecule has 5 rings (SSSR count). The first-order valence-corrected chi connectivity index (χ1v) is 8.24. The van der Waals surface area contributed by atoms with Crippen LogP contribution in [0.4, 0.5) is 5.82 Å². The van der Waals surface area contributed by atoms with Gasteiger partial charge in [0.2, 0.25) is 0 Å². The van der Waals surface area contributed by atoms with Crippen molar-refractivity contribution in [2.24, 2.45) is 0 Å². The number of hydrogen-bond acceptors (Lipinski definition) is 5. The van der Waals surface area contributed by atoms with E-state index >= 15 is 0 Å². The lowest BCUT2D eigenvalue weighted by molar-refractivity contribution is 0.904. The van der Waals surface area contributed by atoms with Crippen molar-refractivity contribution >= 4 is 22.5 Å². The number of nitrogen functional groups attached to an aromatic ring is 1. The summed E-state index contributed by atoms with van der Waals surface area (Å²) in [7, 11) is 0. The van der Waals surface area contributed by atoms with Crippen LogP contribution in [0, 0.1) is 6.92 Å². The number of aryl methyl sites for hydroxylation is 1. The van der Waals surface area contributed by atoms with E-state index in [1.165, 1.54) is 0 Å². The topological polar surface area (TPSA) is 97.8 Å². The van der Waals surface area contributed by atoms with Gasteiger partial charge in [-0.2, -0.15) is 9.61 Å². The third-order valence-corrected chi connectivity index (χ3v) is 4.45. The summed E-state index contributed by atoms with van der Waals surface area (Å²) in [5.74, 6) is 0.972. The van der Waals surface area contributed by atoms with Crippen molar-refractivity contribution in [3.63, 3.8) is 0 Å². The van der Waals surface area contributed by atoms with Crippen molar-refractivity contribution < 1.29 is 0 Å². The first-order valence-electron chi connectivity index (χ1n) is 8.24. The number of rotatable bonds is 2. The van der Waals surface area contributed by atoms with Crippen molar-refractivity contribution in [2.45, 2.75) is 6.92 Å². The Morgan fingerprint density at radius 3 is 2.65 bits per heavy atom. The second kappa shape index (κ2) is 5.38. The fourth-order valence-corrected chi connectivity index (χ4v) is 3.10. The minimum atomic E-state index is 0.397. The van der Waals surface area contributed by atoms with Crippen LogP contribution in [-0.4, -0.2) is 29.8 Å². The maximum atomic E-state index is 6.34. The third kappa shape index (κ3) is 2.14. The second-order valence-electron chi connectivity index (χ2n) is 6.15. The summed E-state index contributed by atoms with van der Waals surface area (Å²) in [5.41, 5.74) is 12.2. The van der Waals surface area contributed by atoms with Crippen LogP contribution in [0.5, 0.6) is 0 Å². The lowest BCUT2D eigenvalue weighted by atomic mass is 10.1. The molecule has 0 amide bonds. The summed E-state index contributed by atoms with van der Waals surface area (Å²) in [5, 5.41) is 13.2. The molecule has 126 valence electrons. The van der Waals surface area contributed by atoms with E-state index in [2.05, 4.69) is 25.3 Å². The van der Waals surface area contributed by atoms with Gasteiger partial charge in [0.15, 0.2) is 23.0 Å². The average Bonchev–Trinajstić information content (AvgIpc) is 3.26. The van der Waals surface area contributed by atoms with Gasteiger partial charge in [0, 0.05) is 11.6 Å². The molecule has 26 heavy (non-hydrogen) atoms. The summed E-state index contributed by atoms with van der Waals surface area (Å²) >= 11 is 0. The van der Waals surface area contributed by atoms with Crippen LogP contribution < -0.4 is 5.73 Å². The van der Waals surface area contributed by atoms with Crippen molar-refractivity contribution in [1.82, 2.24) is 29.8 Å². The highest BCUT2D eigenvalue weighted by atomic mass is 15.3. The van der Waals surface area contributed by atoms with Crippen LogP contribution in [0.3, 0.4) is 0 Å². The monoisotopic (exact) mass is 341 g/mol. The number of hydrogen-bond donors (Lipinski definition) is 2. The Balaban J connectivity index is 1.69. The minimum Gasteiger partial charge on any atom is -0.382 e. The van der Waals surface area contributed by atoms with E-state index in [0.717, 1.165) is 27.9 Å². The van der Waals surface area contributed by atoms with Crippen molar-refractivity contribution in [2.75, 3.05) is 5.73 Å². The molecule has 2 aromatic carbocycles. The number of para-hydroxylation sites is 2. The lowest BCUT2D eigenvalue weighted by Crippen LogP contribution is -2.06. The summed E-state index contributed by atoms with van der Waals surface area (Å²) in [6.45, 7) is 2.05. The highest BCUT2D eigenvalue weighted by Crippen LogP contribution is 2.27. The molecule has 0 fully saturated rings. The molecular weight excluding hydrogens is 326 g/mol. The summed E-state index contributed by atoms with van der Waals surface area (Å²) in [6, 6.07) is 17.7. The molecule has 5 aromatic rings. The summed E-state index contributed by atoms with van der Waals surface area (Å²) in [4.78, 5) is 7.78. The van der Waals surface area contributed by atoms with Gasteiger partial charge in [0.1, 0.15) is 0 Å². The summed E-state index contributed by atoms with van der Waals surface area (Å²) < 4.78 is 1.61. The van der Waals surface area contributed by atoms with E-state index < -0.39 is 0 Å². The number of aromatic amines is 1. The number of nitrogens with zero attached hydrogens (tertiary/aromatic N) is 5. The van der Waals surface area contributed by atoms with E-state index in [1.54, 1.807) is 4.52 Å². The molecule has 0 aliphatic heterocycles. The molecule has 0 aliphatic carbocycles. The predicted octanol–water partition coefficient (Wildman–Crippen LogP) is 3.23. The van der Waals surface area contributed by atoms with E-state index in [1.807, 2.05) is 61.5 Å². The Bertz CT molecular complexity index is 1230. The molecule has 0 saturated heterocycles. The van der Waals surface area contributed by atoms with E-state index in [9.17, 15) is 0 Å². The molecule has 0 aliphatic rings. The quantitative estimate of drug-likeness (QED) is 0.514. The van der Waals surface area contributed by atoms with Crippen molar-refractivity contribution in [1.29, 1.82) is 0 Å². The van der Waals surface area contributed by atoms with Crippen LogP contribution in [0.25, 0.3) is 39.5 Å². The van der Waals surface area contributed by atoms with Crippen molar-refractivity contribution in [3.05, 3.63) is 60.2 Å². The minimum absolute atomic E-state index is 0.397. The Hall–Kier alpha value is -3.74. The number of imidazole rings is 1. The van der Waals surface area contributed by atoms with Gasteiger partial charge in [0.25, 0.3) is 0 Å². The average molecular weight is 341 g/mol. The zero-order valence-corrected chi connectivity index (χ0v) is 14.0. The Labute approximate surface area is 148 Å². The molecule has 0 bridgehead atoms. The highest BCUT2D eigenvalue weighted by Gasteiger charge is 2.16. The third-order valence-electron chi connectivity index (χ3n) is 4.45. The molecule has 0 atom stereocenters. The van der Waals surface area contributed by atoms with Crippen LogP contribution in [0.2, 0.25) is 0 Å². The van der Waals surface area contributed by atoms with E-state index in [-0.39, 0.29) is 0 Å². The van der Waals surface area contributed by atoms with Crippen LogP contribution in [-0.2, 0) is 0 Å². The molecule has 0 saturated carbocycles. The number of anilines is 1. The van der Waals surface area contributed by atoms with Crippen LogP contribution in [0.1, 0.15) is 5.56 Å². The zero-order chi connectivity index (χ0) is 17.7. The van der Waals surface area contributed by atoms with Gasteiger partial charge in [-0.05, 0) is 24.6 Å². The highest BCUT2D eigenvalue weighted by molar-refractivity contribution is 5.80. The maximum Gasteiger partial charge on any atom is 0.180 e. The molecular formula is C19H15N7. The van der Waals surface area contributed by atoms with E-state index in [0.29, 0.717) is 23.0 Å². The lowest BCUT2D eigenvalue weighted by Gasteiger charge is -2.03. The van der Waals surface area contributed by atoms with Gasteiger partial charge in [-0.25, -0.2) is 4.98 Å². The number of H-pyrrole nitrogens is 1. The maximum absolute atomic E-state index is 6.34. The van der Waals surface area contributed by atoms with Gasteiger partial charge in [-0.15, -0.1) is 10.2 Å². The Morgan fingerprint density at radius 1 is 1.00 bits per heavy atom. The molecule has 7 nitrogen and oxygen atoms in total. The molecule has 0 unspecified atom stereocenters. The van der Waals surface area contributed by atoms with Crippen molar-refractivity contribution in [3.8, 4) is 22.8 Å². The fourth-order valence-electron chi connectivity index (χ4n) is 3.10. The van der Waals surface area contributed by atoms with Gasteiger partial charge in [0.05, 0.1) is 16.7 Å². The SMILES string of the molecule is Cc1ccccc1-c1cc2nnc(-c3nc4ccccc4[nH]3)c(N)n2n1. The normalized spacial score (nSPS) is 11.4. The van der Waals surface area contributed by atoms with Gasteiger partial charge >= 0.3 is 0 Å². The van der Waals surface area contributed by atoms with E-state index in [4.69, 9.17) is 5.73 Å². The van der Waals surface area contributed by atoms with Crippen LogP contribution >= 0.6 is 0 Å². The van der Waals surface area contributed by atoms with Crippen LogP contribution in [0.15, 0.2) is 54.6 Å². The van der Waals surface area contributed by atoms with Gasteiger partial charge in [-0.1, -0.05) is 36.4 Å². The predicted molar refractivity (Wildman–Crippen MR) is 100 cm³/mol. The number of nitrogens with two attached hydrogens (primary N) is 1. The number of nitrogens with one attached hydrogen (secondary N) is 1. The molecule has 7 heteroatoms. The molecule has 0 spiro atoms. The molecule has 3 N–H and O–H groups in total. The Kier molecular flexibility index (Phi) is 3.02. The largest absolute Gasteiger partial charge is 0.382 e. The first kappa shape index (κ1) is 14.6. The smallest absolute Gasteiger partial charge is 0.180 e. The standard InChI is InChI=1S/C19H15N7/c1-11-6-2-3-7-12(11)15-10-16-23-24-17(18(20)26(16)25-15)19-21-13-8-4-5-9-14(13)22-19/h2-10H,20H2,1H3,(H,21,22). The van der Waals surface area contributed by atoms with Gasteiger partial charge in [-0.3, -0.25) is 0 Å². The number of benzene rings is 2. The summed E-state index contributed by atoms with van der Waals surface area (Å²) in [6.07, 6.45) is 0. The fraction of sp³-hybridized carbons (Fsp3) is 0.0526. The number of fused-ring (bicyclic) bond motifs is 2. The first-order chi connectivity index (χ1) is 12.7.